The van der Waals surface area contributed by atoms with Crippen LogP contribution in [0.4, 0.5) is 0 Å². The SMILES string of the molecule is COC.N=CC1=C(N)CC(C=O)CO1. The van der Waals surface area contributed by atoms with E-state index >= 15 is 0 Å². The minimum Gasteiger partial charge on any atom is -0.489 e. The van der Waals surface area contributed by atoms with E-state index in [1.54, 1.807) is 14.2 Å². The van der Waals surface area contributed by atoms with Gasteiger partial charge in [0.1, 0.15) is 6.29 Å². The van der Waals surface area contributed by atoms with E-state index in [1.165, 1.54) is 0 Å². The minimum atomic E-state index is -0.140. The monoisotopic (exact) mass is 200 g/mol. The molecule has 3 N–H and O–H groups in total. The van der Waals surface area contributed by atoms with Crippen LogP contribution in [0.3, 0.4) is 0 Å². The van der Waals surface area contributed by atoms with Crippen molar-refractivity contribution in [2.24, 2.45) is 11.7 Å². The van der Waals surface area contributed by atoms with Gasteiger partial charge in [0.05, 0.1) is 24.4 Å². The molecule has 5 nitrogen and oxygen atoms in total. The maximum absolute atomic E-state index is 10.3. The van der Waals surface area contributed by atoms with Gasteiger partial charge in [-0.3, -0.25) is 0 Å². The average molecular weight is 200 g/mol. The molecule has 0 saturated carbocycles. The van der Waals surface area contributed by atoms with E-state index in [1.807, 2.05) is 0 Å². The lowest BCUT2D eigenvalue weighted by Gasteiger charge is -2.19. The largest absolute Gasteiger partial charge is 0.489 e. The zero-order valence-corrected chi connectivity index (χ0v) is 8.45. The van der Waals surface area contributed by atoms with Crippen molar-refractivity contribution in [3.63, 3.8) is 0 Å². The van der Waals surface area contributed by atoms with E-state index in [9.17, 15) is 4.79 Å². The topological polar surface area (TPSA) is 85.4 Å². The van der Waals surface area contributed by atoms with Gasteiger partial charge in [-0.05, 0) is 0 Å². The second-order valence-electron chi connectivity index (χ2n) is 2.85. The molecular weight excluding hydrogens is 184 g/mol. The third-order valence-corrected chi connectivity index (χ3v) is 1.58. The van der Waals surface area contributed by atoms with Crippen molar-refractivity contribution in [1.29, 1.82) is 5.41 Å². The highest BCUT2D eigenvalue weighted by Crippen LogP contribution is 2.16. The predicted molar refractivity (Wildman–Crippen MR) is 53.1 cm³/mol. The number of aldehydes is 1. The molecule has 1 unspecified atom stereocenters. The fourth-order valence-corrected chi connectivity index (χ4v) is 0.953. The number of ether oxygens (including phenoxy) is 2. The lowest BCUT2D eigenvalue weighted by molar-refractivity contribution is -0.112. The second kappa shape index (κ2) is 7.08. The van der Waals surface area contributed by atoms with Crippen molar-refractivity contribution in [1.82, 2.24) is 0 Å². The zero-order valence-electron chi connectivity index (χ0n) is 8.45. The molecular formula is C9H16N2O3. The maximum Gasteiger partial charge on any atom is 0.155 e. The van der Waals surface area contributed by atoms with Gasteiger partial charge >= 0.3 is 0 Å². The summed E-state index contributed by atoms with van der Waals surface area (Å²) in [7, 11) is 3.25. The van der Waals surface area contributed by atoms with Crippen LogP contribution in [-0.4, -0.2) is 33.3 Å². The summed E-state index contributed by atoms with van der Waals surface area (Å²) in [6.07, 6.45) is 2.40. The van der Waals surface area contributed by atoms with E-state index in [4.69, 9.17) is 15.9 Å². The van der Waals surface area contributed by atoms with Crippen molar-refractivity contribution in [2.75, 3.05) is 20.8 Å². The highest BCUT2D eigenvalue weighted by atomic mass is 16.5. The molecule has 0 radical (unpaired) electrons. The first-order chi connectivity index (χ1) is 6.69. The van der Waals surface area contributed by atoms with E-state index in [0.29, 0.717) is 24.5 Å². The molecule has 0 spiro atoms. The minimum absolute atomic E-state index is 0.140. The van der Waals surface area contributed by atoms with E-state index < -0.39 is 0 Å². The van der Waals surface area contributed by atoms with Gasteiger partial charge < -0.3 is 25.4 Å². The van der Waals surface area contributed by atoms with Crippen molar-refractivity contribution in [3.8, 4) is 0 Å². The van der Waals surface area contributed by atoms with Gasteiger partial charge in [0.15, 0.2) is 5.76 Å². The van der Waals surface area contributed by atoms with Crippen molar-refractivity contribution >= 4 is 12.5 Å². The molecule has 14 heavy (non-hydrogen) atoms. The summed E-state index contributed by atoms with van der Waals surface area (Å²) in [6.45, 7) is 0.342. The summed E-state index contributed by atoms with van der Waals surface area (Å²) in [4.78, 5) is 10.3. The molecule has 0 bridgehead atoms. The lowest BCUT2D eigenvalue weighted by atomic mass is 10.0. The summed E-state index contributed by atoms with van der Waals surface area (Å²) in [5.74, 6) is 0.252. The summed E-state index contributed by atoms with van der Waals surface area (Å²) < 4.78 is 9.27. The normalized spacial score (nSPS) is 20.3. The van der Waals surface area contributed by atoms with Crippen molar-refractivity contribution in [2.45, 2.75) is 6.42 Å². The number of carbonyl (C=O) groups excluding carboxylic acids is 1. The van der Waals surface area contributed by atoms with Crippen LogP contribution in [0.25, 0.3) is 0 Å². The molecule has 0 fully saturated rings. The van der Waals surface area contributed by atoms with Crippen LogP contribution in [0, 0.1) is 11.3 Å². The highest BCUT2D eigenvalue weighted by molar-refractivity contribution is 5.74. The molecule has 1 heterocycles. The van der Waals surface area contributed by atoms with Crippen LogP contribution in [-0.2, 0) is 14.3 Å². The lowest BCUT2D eigenvalue weighted by Crippen LogP contribution is -2.22. The van der Waals surface area contributed by atoms with Crippen LogP contribution in [0.15, 0.2) is 11.5 Å². The number of carbonyl (C=O) groups is 1. The number of allylic oxidation sites excluding steroid dienone is 2. The smallest absolute Gasteiger partial charge is 0.155 e. The fraction of sp³-hybridized carbons (Fsp3) is 0.556. The van der Waals surface area contributed by atoms with Crippen LogP contribution >= 0.6 is 0 Å². The Bertz CT molecular complexity index is 226. The van der Waals surface area contributed by atoms with Gasteiger partial charge in [-0.2, -0.15) is 0 Å². The number of hydrogen-bond acceptors (Lipinski definition) is 5. The quantitative estimate of drug-likeness (QED) is 0.496. The number of nitrogens with two attached hydrogens (primary N) is 1. The molecule has 0 amide bonds. The average Bonchev–Trinajstić information content (AvgIpc) is 2.19. The van der Waals surface area contributed by atoms with Crippen LogP contribution in [0.1, 0.15) is 6.42 Å². The summed E-state index contributed by atoms with van der Waals surface area (Å²) >= 11 is 0. The first kappa shape index (κ1) is 12.6. The summed E-state index contributed by atoms with van der Waals surface area (Å²) in [5.41, 5.74) is 5.99. The zero-order chi connectivity index (χ0) is 11.0. The molecule has 0 saturated heterocycles. The predicted octanol–water partition coefficient (Wildman–Crippen LogP) is 0.304. The number of hydrogen-bond donors (Lipinski definition) is 2. The molecule has 1 atom stereocenters. The summed E-state index contributed by atoms with van der Waals surface area (Å²) in [5, 5.41) is 6.87. The molecule has 5 heteroatoms. The number of nitrogens with one attached hydrogen (secondary N) is 1. The van der Waals surface area contributed by atoms with Gasteiger partial charge in [-0.1, -0.05) is 0 Å². The Hall–Kier alpha value is -1.36. The Morgan fingerprint density at radius 1 is 1.64 bits per heavy atom. The Morgan fingerprint density at radius 2 is 2.21 bits per heavy atom. The highest BCUT2D eigenvalue weighted by Gasteiger charge is 2.18. The molecule has 1 aliphatic heterocycles. The standard InChI is InChI=1S/C7H10N2O2.C2H6O/c8-2-7-6(9)1-5(3-10)4-11-7;1-3-2/h2-3,5,8H,1,4,9H2;1-2H3. The Morgan fingerprint density at radius 3 is 2.57 bits per heavy atom. The van der Waals surface area contributed by atoms with Gasteiger partial charge in [-0.15, -0.1) is 0 Å². The maximum atomic E-state index is 10.3. The molecule has 0 aromatic heterocycles. The molecule has 0 aromatic carbocycles. The van der Waals surface area contributed by atoms with Gasteiger partial charge in [0.25, 0.3) is 0 Å². The van der Waals surface area contributed by atoms with Crippen LogP contribution in [0.2, 0.25) is 0 Å². The third kappa shape index (κ3) is 4.04. The number of methoxy groups -OCH3 is 1. The molecule has 80 valence electrons. The van der Waals surface area contributed by atoms with Gasteiger partial charge in [-0.25, -0.2) is 0 Å². The Balaban J connectivity index is 0.000000500. The van der Waals surface area contributed by atoms with E-state index in [2.05, 4.69) is 4.74 Å². The second-order valence-corrected chi connectivity index (χ2v) is 2.85. The Labute approximate surface area is 83.4 Å². The molecule has 1 rings (SSSR count). The Kier molecular flexibility index (Phi) is 6.39. The molecule has 0 aliphatic carbocycles. The third-order valence-electron chi connectivity index (χ3n) is 1.58. The van der Waals surface area contributed by atoms with Crippen molar-refractivity contribution < 1.29 is 14.3 Å². The first-order valence-electron chi connectivity index (χ1n) is 4.16. The summed E-state index contributed by atoms with van der Waals surface area (Å²) in [6, 6.07) is 0. The van der Waals surface area contributed by atoms with E-state index in [0.717, 1.165) is 12.5 Å². The van der Waals surface area contributed by atoms with Crippen LogP contribution in [0.5, 0.6) is 0 Å². The van der Waals surface area contributed by atoms with Crippen molar-refractivity contribution in [3.05, 3.63) is 11.5 Å². The molecule has 0 aromatic rings. The van der Waals surface area contributed by atoms with Crippen LogP contribution < -0.4 is 5.73 Å². The first-order valence-corrected chi connectivity index (χ1v) is 4.16. The van der Waals surface area contributed by atoms with Gasteiger partial charge in [0, 0.05) is 20.6 Å². The molecule has 1 aliphatic rings. The van der Waals surface area contributed by atoms with Gasteiger partial charge in [0.2, 0.25) is 0 Å². The fourth-order valence-electron chi connectivity index (χ4n) is 0.953. The number of rotatable bonds is 2. The van der Waals surface area contributed by atoms with E-state index in [-0.39, 0.29) is 5.92 Å².